The van der Waals surface area contributed by atoms with Crippen LogP contribution in [0.2, 0.25) is 0 Å². The summed E-state index contributed by atoms with van der Waals surface area (Å²) in [6, 6.07) is 8.43. The first-order valence-corrected chi connectivity index (χ1v) is 9.79. The highest BCUT2D eigenvalue weighted by Crippen LogP contribution is 2.41. The number of hydrogen-bond acceptors (Lipinski definition) is 4. The zero-order valence-electron chi connectivity index (χ0n) is 15.3. The first-order chi connectivity index (χ1) is 13.0. The molecule has 4 rings (SSSR count). The third kappa shape index (κ3) is 3.65. The molecule has 140 valence electrons. The molecule has 27 heavy (non-hydrogen) atoms. The zero-order valence-corrected chi connectivity index (χ0v) is 17.0. The van der Waals surface area contributed by atoms with Gasteiger partial charge in [0.1, 0.15) is 4.83 Å². The number of amides is 1. The summed E-state index contributed by atoms with van der Waals surface area (Å²) in [6.45, 7) is 4.14. The van der Waals surface area contributed by atoms with Gasteiger partial charge in [-0.15, -0.1) is 17.9 Å². The molecule has 1 aliphatic rings. The molecular weight excluding hydrogens is 378 g/mol. The maximum atomic E-state index is 12.8. The molecule has 0 unspecified atom stereocenters. The molecule has 0 fully saturated rings. The minimum absolute atomic E-state index is 0.00414. The molecule has 0 spiro atoms. The van der Waals surface area contributed by atoms with Crippen LogP contribution in [-0.2, 0) is 24.2 Å². The van der Waals surface area contributed by atoms with Crippen molar-refractivity contribution in [2.24, 2.45) is 0 Å². The van der Waals surface area contributed by atoms with E-state index in [-0.39, 0.29) is 5.56 Å². The number of carbonyl (C=O) groups is 1. The van der Waals surface area contributed by atoms with Gasteiger partial charge in [-0.3, -0.25) is 14.2 Å². The number of thiophene rings is 1. The Morgan fingerprint density at radius 3 is 2.70 bits per heavy atom. The van der Waals surface area contributed by atoms with Crippen molar-refractivity contribution < 1.29 is 4.79 Å². The monoisotopic (exact) mass is 399 g/mol. The van der Waals surface area contributed by atoms with Gasteiger partial charge in [0.05, 0.1) is 5.39 Å². The fourth-order valence-electron chi connectivity index (χ4n) is 3.14. The van der Waals surface area contributed by atoms with Crippen LogP contribution in [0.1, 0.15) is 11.1 Å². The number of benzene rings is 1. The second-order valence-corrected chi connectivity index (χ2v) is 7.88. The van der Waals surface area contributed by atoms with E-state index in [1.165, 1.54) is 20.9 Å². The van der Waals surface area contributed by atoms with E-state index >= 15 is 0 Å². The highest BCUT2D eigenvalue weighted by Gasteiger charge is 2.23. The molecule has 1 aromatic carbocycles. The van der Waals surface area contributed by atoms with Crippen molar-refractivity contribution in [2.45, 2.75) is 19.4 Å². The summed E-state index contributed by atoms with van der Waals surface area (Å²) in [6.07, 6.45) is 4.33. The summed E-state index contributed by atoms with van der Waals surface area (Å²) in [5.41, 5.74) is 3.76. The van der Waals surface area contributed by atoms with Crippen LogP contribution < -0.4 is 5.56 Å². The number of nitrogens with one attached hydrogen (secondary N) is 1. The molecule has 5 nitrogen and oxygen atoms in total. The number of nitrogens with zero attached hydrogens (tertiary/aromatic N) is 2. The number of allylic oxidation sites excluding steroid dienone is 1. The normalized spacial score (nSPS) is 11.8. The number of fused-ring (bicyclic) bond motifs is 5. The summed E-state index contributed by atoms with van der Waals surface area (Å²) in [7, 11) is 3.38. The Balaban J connectivity index is 0.000000376. The van der Waals surface area contributed by atoms with Crippen molar-refractivity contribution in [1.29, 1.82) is 0 Å². The first-order valence-electron chi connectivity index (χ1n) is 8.57. The molecular formula is C20H21N3O2S2. The predicted octanol–water partition coefficient (Wildman–Crippen LogP) is 3.78. The van der Waals surface area contributed by atoms with E-state index in [0.29, 0.717) is 11.3 Å². The Morgan fingerprint density at radius 2 is 2.04 bits per heavy atom. The maximum absolute atomic E-state index is 12.8. The van der Waals surface area contributed by atoms with Crippen molar-refractivity contribution in [3.63, 3.8) is 0 Å². The van der Waals surface area contributed by atoms with Gasteiger partial charge in [-0.1, -0.05) is 30.3 Å². The smallest absolute Gasteiger partial charge is 0.263 e. The number of aryl methyl sites for hydroxylation is 2. The maximum Gasteiger partial charge on any atom is 0.263 e. The number of aromatic nitrogens is 2. The van der Waals surface area contributed by atoms with Gasteiger partial charge in [-0.2, -0.15) is 0 Å². The van der Waals surface area contributed by atoms with Crippen LogP contribution in [0.3, 0.4) is 0 Å². The van der Waals surface area contributed by atoms with Gasteiger partial charge < -0.3 is 9.88 Å². The third-order valence-corrected chi connectivity index (χ3v) is 5.86. The van der Waals surface area contributed by atoms with Crippen LogP contribution in [0.25, 0.3) is 20.7 Å². The molecule has 1 N–H and O–H groups in total. The summed E-state index contributed by atoms with van der Waals surface area (Å²) in [4.78, 5) is 29.0. The van der Waals surface area contributed by atoms with E-state index in [1.54, 1.807) is 36.1 Å². The Bertz CT molecular complexity index is 1120. The topological polar surface area (TPSA) is 58.1 Å². The van der Waals surface area contributed by atoms with E-state index in [4.69, 9.17) is 12.2 Å². The van der Waals surface area contributed by atoms with Crippen molar-refractivity contribution in [1.82, 2.24) is 14.5 Å². The summed E-state index contributed by atoms with van der Waals surface area (Å²) >= 11 is 6.95. The lowest BCUT2D eigenvalue weighted by atomic mass is 9.90. The standard InChI is InChI=1S/C17H14N2OS2.C3H7NO/c1-2-9-19-16(20)13-12-8-7-10-5-3-4-6-11(10)14(12)22-15(13)18-17(19)21;1-4(2)3-5/h2-6H,1,7-9H2,(H,18,21);3H,1-2H3. The molecule has 2 heterocycles. The molecule has 2 aromatic heterocycles. The lowest BCUT2D eigenvalue weighted by Gasteiger charge is -2.15. The Hall–Kier alpha value is -2.51. The number of carbonyl (C=O) groups excluding carboxylic acids is 1. The highest BCUT2D eigenvalue weighted by atomic mass is 32.1. The average Bonchev–Trinajstić information content (AvgIpc) is 3.04. The average molecular weight is 400 g/mol. The number of aromatic amines is 1. The van der Waals surface area contributed by atoms with Crippen LogP contribution in [-0.4, -0.2) is 35.0 Å². The fourth-order valence-corrected chi connectivity index (χ4v) is 4.77. The molecule has 0 radical (unpaired) electrons. The molecule has 1 amide bonds. The molecule has 0 atom stereocenters. The van der Waals surface area contributed by atoms with E-state index in [0.717, 1.165) is 35.0 Å². The molecule has 0 saturated heterocycles. The van der Waals surface area contributed by atoms with Gasteiger partial charge in [0, 0.05) is 25.5 Å². The zero-order chi connectivity index (χ0) is 19.6. The minimum atomic E-state index is -0.00414. The highest BCUT2D eigenvalue weighted by molar-refractivity contribution is 7.71. The molecule has 0 bridgehead atoms. The van der Waals surface area contributed by atoms with Crippen LogP contribution in [0, 0.1) is 4.77 Å². The summed E-state index contributed by atoms with van der Waals surface area (Å²) < 4.78 is 2.04. The number of hydrogen-bond donors (Lipinski definition) is 1. The minimum Gasteiger partial charge on any atom is -0.351 e. The van der Waals surface area contributed by atoms with Crippen LogP contribution in [0.15, 0.2) is 41.7 Å². The molecule has 3 aromatic rings. The Morgan fingerprint density at radius 1 is 1.33 bits per heavy atom. The second kappa shape index (κ2) is 8.02. The fraction of sp³-hybridized carbons (Fsp3) is 0.250. The van der Waals surface area contributed by atoms with Crippen molar-refractivity contribution in [2.75, 3.05) is 14.1 Å². The van der Waals surface area contributed by atoms with E-state index in [2.05, 4.69) is 35.8 Å². The van der Waals surface area contributed by atoms with Crippen molar-refractivity contribution in [3.05, 3.63) is 63.2 Å². The van der Waals surface area contributed by atoms with Crippen molar-refractivity contribution >= 4 is 40.2 Å². The molecule has 1 aliphatic carbocycles. The van der Waals surface area contributed by atoms with Crippen LogP contribution in [0.4, 0.5) is 0 Å². The largest absolute Gasteiger partial charge is 0.351 e. The van der Waals surface area contributed by atoms with Crippen LogP contribution in [0.5, 0.6) is 0 Å². The van der Waals surface area contributed by atoms with Gasteiger partial charge in [-0.05, 0) is 41.7 Å². The predicted molar refractivity (Wildman–Crippen MR) is 114 cm³/mol. The van der Waals surface area contributed by atoms with Gasteiger partial charge in [0.2, 0.25) is 6.41 Å². The summed E-state index contributed by atoms with van der Waals surface area (Å²) in [5.74, 6) is 0. The molecule has 7 heteroatoms. The van der Waals surface area contributed by atoms with Gasteiger partial charge >= 0.3 is 0 Å². The van der Waals surface area contributed by atoms with E-state index < -0.39 is 0 Å². The van der Waals surface area contributed by atoms with Gasteiger partial charge in [0.25, 0.3) is 5.56 Å². The Labute approximate surface area is 166 Å². The van der Waals surface area contributed by atoms with E-state index in [1.807, 2.05) is 0 Å². The SMILES string of the molecule is C=CCn1c(=S)[nH]c2sc3c(c2c1=O)CCc1ccccc1-3.CN(C)C=O. The van der Waals surface area contributed by atoms with Gasteiger partial charge in [0.15, 0.2) is 4.77 Å². The first kappa shape index (κ1) is 19.3. The van der Waals surface area contributed by atoms with Crippen LogP contribution >= 0.6 is 23.6 Å². The van der Waals surface area contributed by atoms with E-state index in [9.17, 15) is 9.59 Å². The number of rotatable bonds is 3. The van der Waals surface area contributed by atoms with Gasteiger partial charge in [-0.25, -0.2) is 0 Å². The lowest BCUT2D eigenvalue weighted by molar-refractivity contribution is -0.115. The quantitative estimate of drug-likeness (QED) is 0.414. The third-order valence-electron chi connectivity index (χ3n) is 4.36. The molecule has 0 aliphatic heterocycles. The molecule has 0 saturated carbocycles. The number of H-pyrrole nitrogens is 1. The summed E-state index contributed by atoms with van der Waals surface area (Å²) in [5, 5.41) is 0.796. The van der Waals surface area contributed by atoms with Crippen molar-refractivity contribution in [3.8, 4) is 10.4 Å². The Kier molecular flexibility index (Phi) is 5.72. The second-order valence-electron chi connectivity index (χ2n) is 6.47. The lowest BCUT2D eigenvalue weighted by Crippen LogP contribution is -2.22.